The van der Waals surface area contributed by atoms with E-state index in [9.17, 15) is 0 Å². The molecule has 18 heavy (non-hydrogen) atoms. The average Bonchev–Trinajstić information content (AvgIpc) is 2.74. The van der Waals surface area contributed by atoms with Crippen molar-refractivity contribution in [2.75, 3.05) is 0 Å². The van der Waals surface area contributed by atoms with E-state index in [2.05, 4.69) is 41.1 Å². The van der Waals surface area contributed by atoms with Crippen LogP contribution in [0.15, 0.2) is 22.7 Å². The Balaban J connectivity index is 2.07. The number of hydrogen-bond donors (Lipinski definition) is 1. The van der Waals surface area contributed by atoms with Crippen molar-refractivity contribution >= 4 is 27.3 Å². The van der Waals surface area contributed by atoms with E-state index in [1.807, 2.05) is 0 Å². The van der Waals surface area contributed by atoms with Gasteiger partial charge in [-0.15, -0.1) is 11.3 Å². The van der Waals surface area contributed by atoms with E-state index in [4.69, 9.17) is 10.7 Å². The number of rotatable bonds is 1. The van der Waals surface area contributed by atoms with E-state index in [1.165, 1.54) is 22.4 Å². The molecule has 0 saturated heterocycles. The van der Waals surface area contributed by atoms with Crippen LogP contribution < -0.4 is 5.73 Å². The number of benzene rings is 1. The molecule has 0 saturated carbocycles. The van der Waals surface area contributed by atoms with Gasteiger partial charge in [-0.05, 0) is 37.8 Å². The van der Waals surface area contributed by atoms with Gasteiger partial charge in [0, 0.05) is 21.0 Å². The van der Waals surface area contributed by atoms with Gasteiger partial charge < -0.3 is 5.73 Å². The van der Waals surface area contributed by atoms with E-state index in [1.54, 1.807) is 11.3 Å². The highest BCUT2D eigenvalue weighted by Gasteiger charge is 2.22. The molecule has 4 heteroatoms. The Bertz CT molecular complexity index is 591. The molecular formula is C14H15BrN2S. The molecule has 0 radical (unpaired) electrons. The molecular weight excluding hydrogens is 308 g/mol. The summed E-state index contributed by atoms with van der Waals surface area (Å²) in [4.78, 5) is 6.13. The molecule has 1 aliphatic rings. The second kappa shape index (κ2) is 4.76. The van der Waals surface area contributed by atoms with Crippen molar-refractivity contribution in [2.24, 2.45) is 5.73 Å². The standard InChI is InChI=1S/C14H15BrN2S/c1-8-5-6-9(10(15)7-8)14-17-13-11(16)3-2-4-12(13)18-14/h5-7,11H,2-4,16H2,1H3. The van der Waals surface area contributed by atoms with Crippen molar-refractivity contribution in [3.63, 3.8) is 0 Å². The van der Waals surface area contributed by atoms with Gasteiger partial charge in [0.15, 0.2) is 0 Å². The first kappa shape index (κ1) is 12.3. The number of nitrogens with zero attached hydrogens (tertiary/aromatic N) is 1. The van der Waals surface area contributed by atoms with E-state index >= 15 is 0 Å². The van der Waals surface area contributed by atoms with Gasteiger partial charge in [-0.1, -0.05) is 28.1 Å². The summed E-state index contributed by atoms with van der Waals surface area (Å²) >= 11 is 5.42. The van der Waals surface area contributed by atoms with Gasteiger partial charge in [0.05, 0.1) is 5.69 Å². The highest BCUT2D eigenvalue weighted by Crippen LogP contribution is 2.38. The van der Waals surface area contributed by atoms with Crippen molar-refractivity contribution < 1.29 is 0 Å². The van der Waals surface area contributed by atoms with Gasteiger partial charge in [-0.25, -0.2) is 4.98 Å². The number of fused-ring (bicyclic) bond motifs is 1. The molecule has 1 aromatic carbocycles. The van der Waals surface area contributed by atoms with Crippen molar-refractivity contribution in [1.29, 1.82) is 0 Å². The SMILES string of the molecule is Cc1ccc(-c2nc3c(s2)CCCC3N)c(Br)c1. The molecule has 0 amide bonds. The predicted molar refractivity (Wildman–Crippen MR) is 79.9 cm³/mol. The quantitative estimate of drug-likeness (QED) is 0.853. The fourth-order valence-corrected chi connectivity index (χ4v) is 4.39. The zero-order chi connectivity index (χ0) is 12.7. The first-order chi connectivity index (χ1) is 8.65. The lowest BCUT2D eigenvalue weighted by molar-refractivity contribution is 0.564. The lowest BCUT2D eigenvalue weighted by atomic mass is 9.99. The molecule has 0 aliphatic heterocycles. The minimum Gasteiger partial charge on any atom is -0.323 e. The number of aromatic nitrogens is 1. The van der Waals surface area contributed by atoms with Gasteiger partial charge >= 0.3 is 0 Å². The molecule has 1 atom stereocenters. The lowest BCUT2D eigenvalue weighted by Gasteiger charge is -2.15. The smallest absolute Gasteiger partial charge is 0.125 e. The number of aryl methyl sites for hydroxylation is 2. The number of nitrogens with two attached hydrogens (primary N) is 1. The van der Waals surface area contributed by atoms with Gasteiger partial charge in [-0.3, -0.25) is 0 Å². The molecule has 1 heterocycles. The van der Waals surface area contributed by atoms with Gasteiger partial charge in [-0.2, -0.15) is 0 Å². The Labute approximate surface area is 119 Å². The van der Waals surface area contributed by atoms with Crippen LogP contribution in [0, 0.1) is 6.92 Å². The van der Waals surface area contributed by atoms with E-state index in [0.717, 1.165) is 28.0 Å². The van der Waals surface area contributed by atoms with Crippen molar-refractivity contribution in [3.05, 3.63) is 38.8 Å². The Morgan fingerprint density at radius 1 is 1.44 bits per heavy atom. The van der Waals surface area contributed by atoms with Crippen molar-refractivity contribution in [1.82, 2.24) is 4.98 Å². The van der Waals surface area contributed by atoms with Crippen LogP contribution in [0.25, 0.3) is 10.6 Å². The molecule has 0 fully saturated rings. The molecule has 1 unspecified atom stereocenters. The zero-order valence-corrected chi connectivity index (χ0v) is 12.6. The third kappa shape index (κ3) is 2.13. The molecule has 1 aliphatic carbocycles. The second-order valence-electron chi connectivity index (χ2n) is 4.81. The van der Waals surface area contributed by atoms with Crippen LogP contribution in [-0.2, 0) is 6.42 Å². The maximum Gasteiger partial charge on any atom is 0.125 e. The summed E-state index contributed by atoms with van der Waals surface area (Å²) in [7, 11) is 0. The molecule has 2 nitrogen and oxygen atoms in total. The van der Waals surface area contributed by atoms with E-state index in [-0.39, 0.29) is 6.04 Å². The maximum atomic E-state index is 6.13. The fraction of sp³-hybridized carbons (Fsp3) is 0.357. The molecule has 1 aromatic heterocycles. The summed E-state index contributed by atoms with van der Waals surface area (Å²) in [6.45, 7) is 2.09. The first-order valence-electron chi connectivity index (χ1n) is 6.17. The van der Waals surface area contributed by atoms with Crippen molar-refractivity contribution in [2.45, 2.75) is 32.2 Å². The van der Waals surface area contributed by atoms with E-state index < -0.39 is 0 Å². The summed E-state index contributed by atoms with van der Waals surface area (Å²) < 4.78 is 1.11. The molecule has 94 valence electrons. The zero-order valence-electron chi connectivity index (χ0n) is 10.2. The first-order valence-corrected chi connectivity index (χ1v) is 7.78. The van der Waals surface area contributed by atoms with E-state index in [0.29, 0.717) is 0 Å². The van der Waals surface area contributed by atoms with Crippen LogP contribution in [0.1, 0.15) is 35.0 Å². The molecule has 2 N–H and O–H groups in total. The fourth-order valence-electron chi connectivity index (χ4n) is 2.36. The van der Waals surface area contributed by atoms with Gasteiger partial charge in [0.1, 0.15) is 5.01 Å². The Morgan fingerprint density at radius 2 is 2.28 bits per heavy atom. The Hall–Kier alpha value is -0.710. The van der Waals surface area contributed by atoms with Crippen LogP contribution in [0.2, 0.25) is 0 Å². The minimum absolute atomic E-state index is 0.128. The maximum absolute atomic E-state index is 6.13. The molecule has 3 rings (SSSR count). The minimum atomic E-state index is 0.128. The Kier molecular flexibility index (Phi) is 3.26. The number of thiazole rings is 1. The number of hydrogen-bond acceptors (Lipinski definition) is 3. The third-order valence-electron chi connectivity index (χ3n) is 3.35. The molecule has 0 spiro atoms. The summed E-state index contributed by atoms with van der Waals surface area (Å²) in [6, 6.07) is 6.52. The monoisotopic (exact) mass is 322 g/mol. The summed E-state index contributed by atoms with van der Waals surface area (Å²) in [5.41, 5.74) is 9.68. The van der Waals surface area contributed by atoms with Crippen LogP contribution >= 0.6 is 27.3 Å². The summed E-state index contributed by atoms with van der Waals surface area (Å²) in [6.07, 6.45) is 3.38. The highest BCUT2D eigenvalue weighted by atomic mass is 79.9. The number of halogens is 1. The second-order valence-corrected chi connectivity index (χ2v) is 6.75. The highest BCUT2D eigenvalue weighted by molar-refractivity contribution is 9.10. The van der Waals surface area contributed by atoms with Crippen LogP contribution in [0.5, 0.6) is 0 Å². The average molecular weight is 323 g/mol. The molecule has 2 aromatic rings. The van der Waals surface area contributed by atoms with Crippen LogP contribution in [0.4, 0.5) is 0 Å². The molecule has 0 bridgehead atoms. The lowest BCUT2D eigenvalue weighted by Crippen LogP contribution is -2.16. The van der Waals surface area contributed by atoms with Crippen LogP contribution in [0.3, 0.4) is 0 Å². The Morgan fingerprint density at radius 3 is 3.00 bits per heavy atom. The normalized spacial score (nSPS) is 18.7. The van der Waals surface area contributed by atoms with Gasteiger partial charge in [0.2, 0.25) is 0 Å². The van der Waals surface area contributed by atoms with Crippen molar-refractivity contribution in [3.8, 4) is 10.6 Å². The van der Waals surface area contributed by atoms with Gasteiger partial charge in [0.25, 0.3) is 0 Å². The summed E-state index contributed by atoms with van der Waals surface area (Å²) in [5, 5.41) is 1.09. The van der Waals surface area contributed by atoms with Crippen LogP contribution in [-0.4, -0.2) is 4.98 Å². The summed E-state index contributed by atoms with van der Waals surface area (Å²) in [5.74, 6) is 0. The predicted octanol–water partition coefficient (Wildman–Crippen LogP) is 4.22. The third-order valence-corrected chi connectivity index (χ3v) is 5.17. The topological polar surface area (TPSA) is 38.9 Å². The largest absolute Gasteiger partial charge is 0.323 e.